The zero-order valence-corrected chi connectivity index (χ0v) is 5.99. The second-order valence-electron chi connectivity index (χ2n) is 2.15. The summed E-state index contributed by atoms with van der Waals surface area (Å²) in [5.74, 6) is -0.216. The van der Waals surface area contributed by atoms with Crippen molar-refractivity contribution in [3.05, 3.63) is 36.8 Å². The number of hydrogen-bond donors (Lipinski definition) is 2. The molecule has 0 saturated heterocycles. The molecule has 1 aromatic carbocycles. The van der Waals surface area contributed by atoms with Crippen molar-refractivity contribution in [3.63, 3.8) is 0 Å². The summed E-state index contributed by atoms with van der Waals surface area (Å²) in [7, 11) is 0. The molecule has 11 heavy (non-hydrogen) atoms. The maximum atomic E-state index is 9.02. The van der Waals surface area contributed by atoms with Crippen molar-refractivity contribution in [3.8, 4) is 11.5 Å². The molecule has 2 N–H and O–H groups in total. The normalized spacial score (nSPS) is 10.6. The third kappa shape index (κ3) is 1.74. The van der Waals surface area contributed by atoms with E-state index in [0.29, 0.717) is 0 Å². The Morgan fingerprint density at radius 2 is 1.91 bits per heavy atom. The Hall–Kier alpha value is -1.44. The zero-order chi connectivity index (χ0) is 8.27. The van der Waals surface area contributed by atoms with Crippen molar-refractivity contribution in [2.24, 2.45) is 0 Å². The molecule has 0 bridgehead atoms. The minimum atomic E-state index is -0.111. The number of phenols is 2. The van der Waals surface area contributed by atoms with Gasteiger partial charge in [-0.2, -0.15) is 0 Å². The van der Waals surface area contributed by atoms with Crippen LogP contribution in [0.15, 0.2) is 24.3 Å². The summed E-state index contributed by atoms with van der Waals surface area (Å²) < 4.78 is 0. The number of allylic oxidation sites excluding steroid dienone is 1. The van der Waals surface area contributed by atoms with Gasteiger partial charge in [0.15, 0.2) is 11.5 Å². The van der Waals surface area contributed by atoms with Gasteiger partial charge in [0, 0.05) is 0 Å². The topological polar surface area (TPSA) is 40.5 Å². The molecule has 0 heterocycles. The zero-order valence-electron chi connectivity index (χ0n) is 5.99. The highest BCUT2D eigenvalue weighted by Crippen LogP contribution is 2.25. The monoisotopic (exact) mass is 149 g/mol. The molecule has 1 rings (SSSR count). The van der Waals surface area contributed by atoms with E-state index in [0.717, 1.165) is 5.56 Å². The van der Waals surface area contributed by atoms with Crippen LogP contribution in [0.25, 0.3) is 6.08 Å². The van der Waals surface area contributed by atoms with Gasteiger partial charge in [0.1, 0.15) is 0 Å². The largest absolute Gasteiger partial charge is 0.504 e. The van der Waals surface area contributed by atoms with Crippen LogP contribution in [0.4, 0.5) is 0 Å². The van der Waals surface area contributed by atoms with Crippen molar-refractivity contribution in [2.75, 3.05) is 0 Å². The third-order valence-electron chi connectivity index (χ3n) is 1.31. The van der Waals surface area contributed by atoms with E-state index in [-0.39, 0.29) is 11.5 Å². The molecule has 0 fully saturated rings. The van der Waals surface area contributed by atoms with Crippen LogP contribution in [0.2, 0.25) is 0 Å². The lowest BCUT2D eigenvalue weighted by atomic mass is 10.2. The summed E-state index contributed by atoms with van der Waals surface area (Å²) in [5, 5.41) is 17.9. The van der Waals surface area contributed by atoms with Crippen LogP contribution < -0.4 is 0 Å². The van der Waals surface area contributed by atoms with E-state index in [1.54, 1.807) is 18.2 Å². The van der Waals surface area contributed by atoms with Crippen LogP contribution in [-0.4, -0.2) is 10.2 Å². The van der Waals surface area contributed by atoms with Gasteiger partial charge in [-0.1, -0.05) is 18.2 Å². The number of aromatic hydroxyl groups is 2. The molecule has 2 heteroatoms. The average Bonchev–Trinajstić information content (AvgIpc) is 1.98. The van der Waals surface area contributed by atoms with Gasteiger partial charge in [0.25, 0.3) is 0 Å². The van der Waals surface area contributed by atoms with Crippen LogP contribution >= 0.6 is 0 Å². The number of rotatable bonds is 1. The van der Waals surface area contributed by atoms with Crippen molar-refractivity contribution >= 4 is 6.08 Å². The summed E-state index contributed by atoms with van der Waals surface area (Å²) in [5.41, 5.74) is 0.815. The van der Waals surface area contributed by atoms with Crippen LogP contribution in [0.1, 0.15) is 5.56 Å². The average molecular weight is 149 g/mol. The van der Waals surface area contributed by atoms with Gasteiger partial charge in [-0.3, -0.25) is 0 Å². The van der Waals surface area contributed by atoms with Crippen molar-refractivity contribution < 1.29 is 10.2 Å². The predicted molar refractivity (Wildman–Crippen MR) is 44.2 cm³/mol. The molecule has 0 aromatic heterocycles. The van der Waals surface area contributed by atoms with Gasteiger partial charge in [0.2, 0.25) is 0 Å². The van der Waals surface area contributed by atoms with E-state index >= 15 is 0 Å². The fourth-order valence-corrected chi connectivity index (χ4v) is 0.780. The van der Waals surface area contributed by atoms with Gasteiger partial charge in [-0.15, -0.1) is 0 Å². The SMILES string of the molecule is [CH2]/C=C/c1ccc(O)c(O)c1. The lowest BCUT2D eigenvalue weighted by Crippen LogP contribution is -1.72. The first-order valence-electron chi connectivity index (χ1n) is 3.22. The first kappa shape index (κ1) is 7.66. The molecule has 2 nitrogen and oxygen atoms in total. The fraction of sp³-hybridized carbons (Fsp3) is 0. The summed E-state index contributed by atoms with van der Waals surface area (Å²) in [6.07, 6.45) is 3.35. The maximum absolute atomic E-state index is 9.02. The third-order valence-corrected chi connectivity index (χ3v) is 1.31. The van der Waals surface area contributed by atoms with Crippen LogP contribution in [0.3, 0.4) is 0 Å². The molecule has 1 aromatic rings. The smallest absolute Gasteiger partial charge is 0.157 e. The Balaban J connectivity index is 3.05. The summed E-state index contributed by atoms with van der Waals surface area (Å²) >= 11 is 0. The number of phenolic OH excluding ortho intramolecular Hbond substituents is 2. The van der Waals surface area contributed by atoms with Crippen molar-refractivity contribution in [1.82, 2.24) is 0 Å². The Bertz CT molecular complexity index is 277. The quantitative estimate of drug-likeness (QED) is 0.599. The lowest BCUT2D eigenvalue weighted by molar-refractivity contribution is 0.403. The Labute approximate surface area is 65.4 Å². The minimum Gasteiger partial charge on any atom is -0.504 e. The molecule has 0 amide bonds. The molecule has 0 aliphatic rings. The van der Waals surface area contributed by atoms with Gasteiger partial charge in [0.05, 0.1) is 0 Å². The van der Waals surface area contributed by atoms with E-state index in [2.05, 4.69) is 6.92 Å². The molecule has 1 radical (unpaired) electrons. The Morgan fingerprint density at radius 3 is 2.45 bits per heavy atom. The highest BCUT2D eigenvalue weighted by Gasteiger charge is 1.96. The van der Waals surface area contributed by atoms with E-state index in [1.165, 1.54) is 12.1 Å². The molecular weight excluding hydrogens is 140 g/mol. The molecular formula is C9H9O2. The van der Waals surface area contributed by atoms with Gasteiger partial charge < -0.3 is 10.2 Å². The van der Waals surface area contributed by atoms with Crippen LogP contribution in [-0.2, 0) is 0 Å². The first-order chi connectivity index (χ1) is 5.24. The van der Waals surface area contributed by atoms with Gasteiger partial charge in [-0.25, -0.2) is 0 Å². The molecule has 0 aliphatic heterocycles. The molecule has 0 unspecified atom stereocenters. The minimum absolute atomic E-state index is 0.105. The fourth-order valence-electron chi connectivity index (χ4n) is 0.780. The molecule has 0 spiro atoms. The maximum Gasteiger partial charge on any atom is 0.157 e. The van der Waals surface area contributed by atoms with E-state index < -0.39 is 0 Å². The summed E-state index contributed by atoms with van der Waals surface area (Å²) in [6.45, 7) is 3.51. The molecule has 0 aliphatic carbocycles. The lowest BCUT2D eigenvalue weighted by Gasteiger charge is -1.97. The second kappa shape index (κ2) is 3.10. The standard InChI is InChI=1S/C9H9O2/c1-2-3-7-4-5-8(10)9(11)6-7/h2-6,10-11H,1H2/b3-2+. The van der Waals surface area contributed by atoms with Crippen molar-refractivity contribution in [2.45, 2.75) is 0 Å². The van der Waals surface area contributed by atoms with Crippen LogP contribution in [0, 0.1) is 6.92 Å². The van der Waals surface area contributed by atoms with Gasteiger partial charge >= 0.3 is 0 Å². The highest BCUT2D eigenvalue weighted by molar-refractivity contribution is 5.55. The molecule has 0 saturated carbocycles. The summed E-state index contributed by atoms with van der Waals surface area (Å²) in [4.78, 5) is 0. The first-order valence-corrected chi connectivity index (χ1v) is 3.22. The van der Waals surface area contributed by atoms with E-state index in [1.807, 2.05) is 0 Å². The van der Waals surface area contributed by atoms with E-state index in [4.69, 9.17) is 10.2 Å². The van der Waals surface area contributed by atoms with Gasteiger partial charge in [-0.05, 0) is 24.6 Å². The van der Waals surface area contributed by atoms with Crippen LogP contribution in [0.5, 0.6) is 11.5 Å². The summed E-state index contributed by atoms with van der Waals surface area (Å²) in [6, 6.07) is 4.60. The number of benzene rings is 1. The number of hydrogen-bond acceptors (Lipinski definition) is 2. The van der Waals surface area contributed by atoms with Crippen molar-refractivity contribution in [1.29, 1.82) is 0 Å². The Kier molecular flexibility index (Phi) is 2.16. The molecule has 57 valence electrons. The Morgan fingerprint density at radius 1 is 1.18 bits per heavy atom. The predicted octanol–water partition coefficient (Wildman–Crippen LogP) is 1.95. The molecule has 0 atom stereocenters. The highest BCUT2D eigenvalue weighted by atomic mass is 16.3. The van der Waals surface area contributed by atoms with E-state index in [9.17, 15) is 0 Å². The second-order valence-corrected chi connectivity index (χ2v) is 2.15.